The first kappa shape index (κ1) is 15.4. The number of nitrogens with zero attached hydrogens (tertiary/aromatic N) is 2. The number of amides is 1. The van der Waals surface area contributed by atoms with Gasteiger partial charge in [-0.15, -0.1) is 0 Å². The molecule has 0 radical (unpaired) electrons. The SMILES string of the molecule is Nc1ccnc(CNC(=O)Cc2cc(Cl)c3c(c2)OCCO3)n1. The maximum atomic E-state index is 12.0. The molecule has 0 saturated carbocycles. The lowest BCUT2D eigenvalue weighted by Crippen LogP contribution is -2.25. The van der Waals surface area contributed by atoms with Gasteiger partial charge in [0.2, 0.25) is 5.91 Å². The fourth-order valence-electron chi connectivity index (χ4n) is 2.19. The predicted molar refractivity (Wildman–Crippen MR) is 84.4 cm³/mol. The van der Waals surface area contributed by atoms with Crippen molar-refractivity contribution in [3.63, 3.8) is 0 Å². The van der Waals surface area contributed by atoms with Crippen molar-refractivity contribution in [2.45, 2.75) is 13.0 Å². The van der Waals surface area contributed by atoms with Gasteiger partial charge in [0.1, 0.15) is 24.9 Å². The number of carbonyl (C=O) groups is 1. The van der Waals surface area contributed by atoms with Crippen molar-refractivity contribution in [2.24, 2.45) is 0 Å². The first-order valence-electron chi connectivity index (χ1n) is 7.04. The Kier molecular flexibility index (Phi) is 4.47. The van der Waals surface area contributed by atoms with Crippen LogP contribution in [0.5, 0.6) is 11.5 Å². The van der Waals surface area contributed by atoms with Crippen LogP contribution in [0.15, 0.2) is 24.4 Å². The summed E-state index contributed by atoms with van der Waals surface area (Å²) >= 11 is 6.15. The summed E-state index contributed by atoms with van der Waals surface area (Å²) in [5.41, 5.74) is 6.31. The molecular formula is C15H15ClN4O3. The highest BCUT2D eigenvalue weighted by atomic mass is 35.5. The number of halogens is 1. The monoisotopic (exact) mass is 334 g/mol. The number of aromatic nitrogens is 2. The maximum Gasteiger partial charge on any atom is 0.224 e. The van der Waals surface area contributed by atoms with Crippen LogP contribution in [0.25, 0.3) is 0 Å². The van der Waals surface area contributed by atoms with E-state index in [4.69, 9.17) is 26.8 Å². The molecule has 8 heteroatoms. The third-order valence-corrected chi connectivity index (χ3v) is 3.47. The van der Waals surface area contributed by atoms with Crippen LogP contribution in [0.3, 0.4) is 0 Å². The van der Waals surface area contributed by atoms with E-state index in [2.05, 4.69) is 15.3 Å². The molecular weight excluding hydrogens is 320 g/mol. The van der Waals surface area contributed by atoms with Crippen molar-refractivity contribution in [1.82, 2.24) is 15.3 Å². The summed E-state index contributed by atoms with van der Waals surface area (Å²) in [6.07, 6.45) is 1.71. The minimum Gasteiger partial charge on any atom is -0.486 e. The summed E-state index contributed by atoms with van der Waals surface area (Å²) in [4.78, 5) is 20.1. The molecule has 120 valence electrons. The largest absolute Gasteiger partial charge is 0.486 e. The third kappa shape index (κ3) is 3.81. The van der Waals surface area contributed by atoms with Crippen molar-refractivity contribution < 1.29 is 14.3 Å². The van der Waals surface area contributed by atoms with E-state index in [-0.39, 0.29) is 18.9 Å². The summed E-state index contributed by atoms with van der Waals surface area (Å²) in [5.74, 6) is 1.73. The Balaban J connectivity index is 1.63. The lowest BCUT2D eigenvalue weighted by atomic mass is 10.1. The number of anilines is 1. The molecule has 1 aliphatic rings. The minimum absolute atomic E-state index is 0.165. The lowest BCUT2D eigenvalue weighted by molar-refractivity contribution is -0.120. The minimum atomic E-state index is -0.177. The van der Waals surface area contributed by atoms with E-state index >= 15 is 0 Å². The second kappa shape index (κ2) is 6.70. The van der Waals surface area contributed by atoms with Gasteiger partial charge >= 0.3 is 0 Å². The van der Waals surface area contributed by atoms with Crippen LogP contribution in [-0.4, -0.2) is 29.1 Å². The highest BCUT2D eigenvalue weighted by molar-refractivity contribution is 6.32. The zero-order chi connectivity index (χ0) is 16.2. The molecule has 0 unspecified atom stereocenters. The first-order valence-corrected chi connectivity index (χ1v) is 7.42. The molecule has 1 aromatic heterocycles. The second-order valence-corrected chi connectivity index (χ2v) is 5.36. The van der Waals surface area contributed by atoms with Gasteiger partial charge in [-0.3, -0.25) is 4.79 Å². The highest BCUT2D eigenvalue weighted by Crippen LogP contribution is 2.38. The van der Waals surface area contributed by atoms with Gasteiger partial charge in [0, 0.05) is 6.20 Å². The molecule has 1 amide bonds. The van der Waals surface area contributed by atoms with E-state index < -0.39 is 0 Å². The molecule has 3 N–H and O–H groups in total. The molecule has 2 aromatic rings. The average molecular weight is 335 g/mol. The molecule has 7 nitrogen and oxygen atoms in total. The number of rotatable bonds is 4. The zero-order valence-corrected chi connectivity index (χ0v) is 13.0. The molecule has 1 aliphatic heterocycles. The summed E-state index contributed by atoms with van der Waals surface area (Å²) < 4.78 is 10.9. The maximum absolute atomic E-state index is 12.0. The van der Waals surface area contributed by atoms with Crippen LogP contribution in [0, 0.1) is 0 Å². The molecule has 0 aliphatic carbocycles. The quantitative estimate of drug-likeness (QED) is 0.875. The number of ether oxygens (including phenoxy) is 2. The van der Waals surface area contributed by atoms with Crippen LogP contribution >= 0.6 is 11.6 Å². The Bertz CT molecular complexity index is 739. The molecule has 0 bridgehead atoms. The molecule has 23 heavy (non-hydrogen) atoms. The summed E-state index contributed by atoms with van der Waals surface area (Å²) in [5, 5.41) is 3.17. The van der Waals surface area contributed by atoms with Crippen molar-refractivity contribution in [2.75, 3.05) is 18.9 Å². The van der Waals surface area contributed by atoms with Crippen LogP contribution in [0.4, 0.5) is 5.82 Å². The fraction of sp³-hybridized carbons (Fsp3) is 0.267. The zero-order valence-electron chi connectivity index (χ0n) is 12.2. The summed E-state index contributed by atoms with van der Waals surface area (Å²) in [6, 6.07) is 5.05. The molecule has 0 saturated heterocycles. The van der Waals surface area contributed by atoms with Crippen molar-refractivity contribution in [1.29, 1.82) is 0 Å². The summed E-state index contributed by atoms with van der Waals surface area (Å²) in [7, 11) is 0. The molecule has 3 rings (SSSR count). The highest BCUT2D eigenvalue weighted by Gasteiger charge is 2.17. The number of carbonyl (C=O) groups excluding carboxylic acids is 1. The van der Waals surface area contributed by atoms with Crippen molar-refractivity contribution in [3.8, 4) is 11.5 Å². The number of hydrogen-bond donors (Lipinski definition) is 2. The van der Waals surface area contributed by atoms with Gasteiger partial charge in [0.25, 0.3) is 0 Å². The Morgan fingerprint density at radius 3 is 3.00 bits per heavy atom. The standard InChI is InChI=1S/C15H15ClN4O3/c16-10-5-9(6-11-15(10)23-4-3-22-11)7-14(21)19-8-13-18-2-1-12(17)20-13/h1-2,5-6H,3-4,7-8H2,(H,19,21)(H2,17,18,20). The number of hydrogen-bond acceptors (Lipinski definition) is 6. The van der Waals surface area contributed by atoms with Crippen LogP contribution in [0.2, 0.25) is 5.02 Å². The van der Waals surface area contributed by atoms with E-state index in [9.17, 15) is 4.79 Å². The fourth-order valence-corrected chi connectivity index (χ4v) is 2.48. The molecule has 2 heterocycles. The first-order chi connectivity index (χ1) is 11.1. The van der Waals surface area contributed by atoms with Gasteiger partial charge in [-0.1, -0.05) is 11.6 Å². The molecule has 1 aromatic carbocycles. The third-order valence-electron chi connectivity index (χ3n) is 3.19. The Morgan fingerprint density at radius 1 is 1.35 bits per heavy atom. The normalized spacial score (nSPS) is 12.7. The van der Waals surface area contributed by atoms with Crippen LogP contribution < -0.4 is 20.5 Å². The number of benzene rings is 1. The number of nitrogens with two attached hydrogens (primary N) is 1. The second-order valence-electron chi connectivity index (χ2n) is 4.95. The van der Waals surface area contributed by atoms with Crippen molar-refractivity contribution in [3.05, 3.63) is 40.8 Å². The van der Waals surface area contributed by atoms with E-state index in [1.807, 2.05) is 0 Å². The van der Waals surface area contributed by atoms with Gasteiger partial charge in [0.15, 0.2) is 11.5 Å². The van der Waals surface area contributed by atoms with Gasteiger partial charge in [-0.2, -0.15) is 0 Å². The lowest BCUT2D eigenvalue weighted by Gasteiger charge is -2.20. The van der Waals surface area contributed by atoms with Crippen molar-refractivity contribution >= 4 is 23.3 Å². The molecule has 0 spiro atoms. The smallest absolute Gasteiger partial charge is 0.224 e. The van der Waals surface area contributed by atoms with Gasteiger partial charge in [0.05, 0.1) is 18.0 Å². The Hall–Kier alpha value is -2.54. The van der Waals surface area contributed by atoms with E-state index in [1.54, 1.807) is 24.4 Å². The topological polar surface area (TPSA) is 99.4 Å². The molecule has 0 atom stereocenters. The van der Waals surface area contributed by atoms with Crippen LogP contribution in [-0.2, 0) is 17.8 Å². The number of nitrogens with one attached hydrogen (secondary N) is 1. The van der Waals surface area contributed by atoms with Gasteiger partial charge in [-0.25, -0.2) is 9.97 Å². The van der Waals surface area contributed by atoms with Gasteiger partial charge < -0.3 is 20.5 Å². The Labute approximate surface area is 137 Å². The van der Waals surface area contributed by atoms with Crippen LogP contribution in [0.1, 0.15) is 11.4 Å². The van der Waals surface area contributed by atoms with Gasteiger partial charge in [-0.05, 0) is 23.8 Å². The summed E-state index contributed by atoms with van der Waals surface area (Å²) in [6.45, 7) is 1.14. The van der Waals surface area contributed by atoms with E-state index in [0.29, 0.717) is 41.4 Å². The average Bonchev–Trinajstić information content (AvgIpc) is 2.53. The van der Waals surface area contributed by atoms with E-state index in [0.717, 1.165) is 5.56 Å². The Morgan fingerprint density at radius 2 is 2.17 bits per heavy atom. The van der Waals surface area contributed by atoms with E-state index in [1.165, 1.54) is 0 Å². The number of fused-ring (bicyclic) bond motifs is 1. The molecule has 0 fully saturated rings. The predicted octanol–water partition coefficient (Wildman–Crippen LogP) is 1.34. The number of nitrogen functional groups attached to an aromatic ring is 1.